The van der Waals surface area contributed by atoms with Crippen LogP contribution in [0, 0.1) is 0 Å². The lowest BCUT2D eigenvalue weighted by Crippen LogP contribution is -2.53. The summed E-state index contributed by atoms with van der Waals surface area (Å²) in [6.07, 6.45) is 2.39. The van der Waals surface area contributed by atoms with Gasteiger partial charge in [-0.25, -0.2) is 0 Å². The Morgan fingerprint density at radius 2 is 2.28 bits per heavy atom. The third-order valence-electron chi connectivity index (χ3n) is 3.79. The molecule has 4 nitrogen and oxygen atoms in total. The number of aliphatic hydroxyl groups is 1. The summed E-state index contributed by atoms with van der Waals surface area (Å²) >= 11 is 0. The van der Waals surface area contributed by atoms with Crippen LogP contribution in [0.3, 0.4) is 0 Å². The smallest absolute Gasteiger partial charge is 0.0674 e. The fraction of sp³-hybridized carbons (Fsp3) is 1.00. The van der Waals surface area contributed by atoms with Gasteiger partial charge in [0.1, 0.15) is 0 Å². The Morgan fingerprint density at radius 1 is 1.56 bits per heavy atom. The predicted octanol–water partition coefficient (Wildman–Crippen LogP) is 1.24. The second-order valence-electron chi connectivity index (χ2n) is 5.88. The van der Waals surface area contributed by atoms with Crippen molar-refractivity contribution >= 4 is 0 Å². The molecule has 0 radical (unpaired) electrons. The van der Waals surface area contributed by atoms with E-state index in [-0.39, 0.29) is 12.1 Å². The molecule has 0 aliphatic carbocycles. The molecule has 1 aliphatic rings. The molecule has 18 heavy (non-hydrogen) atoms. The van der Waals surface area contributed by atoms with E-state index < -0.39 is 0 Å². The van der Waals surface area contributed by atoms with Crippen LogP contribution in [0.1, 0.15) is 40.5 Å². The molecule has 1 saturated heterocycles. The summed E-state index contributed by atoms with van der Waals surface area (Å²) in [4.78, 5) is 2.47. The van der Waals surface area contributed by atoms with Crippen LogP contribution in [0.25, 0.3) is 0 Å². The first kappa shape index (κ1) is 15.9. The first-order chi connectivity index (χ1) is 8.50. The Bertz CT molecular complexity index is 238. The van der Waals surface area contributed by atoms with Crippen molar-refractivity contribution in [1.82, 2.24) is 10.2 Å². The lowest BCUT2D eigenvalue weighted by Gasteiger charge is -2.40. The molecule has 1 rings (SSSR count). The maximum absolute atomic E-state index is 9.61. The van der Waals surface area contributed by atoms with E-state index in [0.29, 0.717) is 12.1 Å². The van der Waals surface area contributed by atoms with Gasteiger partial charge in [0.2, 0.25) is 0 Å². The van der Waals surface area contributed by atoms with Crippen molar-refractivity contribution in [1.29, 1.82) is 0 Å². The number of morpholine rings is 1. The van der Waals surface area contributed by atoms with Crippen LogP contribution in [0.15, 0.2) is 0 Å². The summed E-state index contributed by atoms with van der Waals surface area (Å²) in [6, 6.07) is 0.470. The number of hydrogen-bond acceptors (Lipinski definition) is 4. The van der Waals surface area contributed by atoms with Crippen LogP contribution in [-0.4, -0.2) is 60.5 Å². The number of rotatable bonds is 7. The molecule has 4 heteroatoms. The molecule has 1 heterocycles. The normalized spacial score (nSPS) is 26.8. The minimum Gasteiger partial charge on any atom is -0.394 e. The van der Waals surface area contributed by atoms with Crippen molar-refractivity contribution in [2.24, 2.45) is 0 Å². The maximum Gasteiger partial charge on any atom is 0.0674 e. The Labute approximate surface area is 112 Å². The van der Waals surface area contributed by atoms with Gasteiger partial charge in [-0.15, -0.1) is 0 Å². The zero-order valence-corrected chi connectivity index (χ0v) is 12.4. The molecule has 0 aromatic heterocycles. The number of ether oxygens (including phenoxy) is 1. The van der Waals surface area contributed by atoms with Gasteiger partial charge in [0, 0.05) is 24.7 Å². The highest BCUT2D eigenvalue weighted by Gasteiger charge is 2.29. The zero-order chi connectivity index (χ0) is 13.6. The highest BCUT2D eigenvalue weighted by atomic mass is 16.5. The molecule has 0 aromatic carbocycles. The molecule has 108 valence electrons. The Balaban J connectivity index is 2.47. The van der Waals surface area contributed by atoms with Gasteiger partial charge in [-0.3, -0.25) is 4.90 Å². The minimum atomic E-state index is -0.170. The molecule has 0 spiro atoms. The van der Waals surface area contributed by atoms with Crippen molar-refractivity contribution in [2.45, 2.75) is 58.2 Å². The fourth-order valence-corrected chi connectivity index (χ4v) is 2.65. The van der Waals surface area contributed by atoms with E-state index in [1.165, 1.54) is 0 Å². The number of aliphatic hydroxyl groups excluding tert-OH is 1. The van der Waals surface area contributed by atoms with Crippen molar-refractivity contribution in [2.75, 3.05) is 32.8 Å². The van der Waals surface area contributed by atoms with Gasteiger partial charge in [0.15, 0.2) is 0 Å². The second kappa shape index (κ2) is 7.43. The first-order valence-electron chi connectivity index (χ1n) is 7.22. The van der Waals surface area contributed by atoms with Gasteiger partial charge >= 0.3 is 0 Å². The van der Waals surface area contributed by atoms with Crippen molar-refractivity contribution < 1.29 is 9.84 Å². The quantitative estimate of drug-likeness (QED) is 0.721. The van der Waals surface area contributed by atoms with Crippen LogP contribution in [0.4, 0.5) is 0 Å². The molecule has 0 aromatic rings. The molecular weight excluding hydrogens is 228 g/mol. The highest BCUT2D eigenvalue weighted by Crippen LogP contribution is 2.18. The van der Waals surface area contributed by atoms with E-state index in [0.717, 1.165) is 39.1 Å². The topological polar surface area (TPSA) is 44.7 Å². The van der Waals surface area contributed by atoms with E-state index in [9.17, 15) is 5.11 Å². The Kier molecular flexibility index (Phi) is 6.57. The van der Waals surface area contributed by atoms with E-state index in [1.807, 2.05) is 0 Å². The van der Waals surface area contributed by atoms with Crippen LogP contribution < -0.4 is 5.32 Å². The largest absolute Gasteiger partial charge is 0.394 e. The molecule has 3 unspecified atom stereocenters. The van der Waals surface area contributed by atoms with Gasteiger partial charge < -0.3 is 15.2 Å². The Morgan fingerprint density at radius 3 is 2.83 bits per heavy atom. The average molecular weight is 258 g/mol. The standard InChI is InChI=1S/C14H30N2O2/c1-5-6-15-14(4,11-17)9-12(2)16-7-8-18-13(3)10-16/h12-13,15,17H,5-11H2,1-4H3. The average Bonchev–Trinajstić information content (AvgIpc) is 2.36. The van der Waals surface area contributed by atoms with E-state index in [2.05, 4.69) is 37.9 Å². The Hall–Kier alpha value is -0.160. The molecule has 0 amide bonds. The second-order valence-corrected chi connectivity index (χ2v) is 5.88. The predicted molar refractivity (Wildman–Crippen MR) is 74.9 cm³/mol. The first-order valence-corrected chi connectivity index (χ1v) is 7.22. The number of hydrogen-bond donors (Lipinski definition) is 2. The third kappa shape index (κ3) is 4.84. The lowest BCUT2D eigenvalue weighted by molar-refractivity contribution is -0.0374. The van der Waals surface area contributed by atoms with Crippen LogP contribution in [0.5, 0.6) is 0 Å². The number of nitrogens with zero attached hydrogens (tertiary/aromatic N) is 1. The summed E-state index contributed by atoms with van der Waals surface area (Å²) in [5.74, 6) is 0. The SMILES string of the molecule is CCCNC(C)(CO)CC(C)N1CCOC(C)C1. The van der Waals surface area contributed by atoms with Crippen molar-refractivity contribution in [3.05, 3.63) is 0 Å². The summed E-state index contributed by atoms with van der Waals surface area (Å²) in [5.41, 5.74) is -0.170. The summed E-state index contributed by atoms with van der Waals surface area (Å²) in [6.45, 7) is 12.6. The monoisotopic (exact) mass is 258 g/mol. The molecule has 2 N–H and O–H groups in total. The summed E-state index contributed by atoms with van der Waals surface area (Å²) in [7, 11) is 0. The summed E-state index contributed by atoms with van der Waals surface area (Å²) in [5, 5.41) is 13.1. The van der Waals surface area contributed by atoms with Crippen molar-refractivity contribution in [3.8, 4) is 0 Å². The molecule has 0 saturated carbocycles. The number of nitrogens with one attached hydrogen (secondary N) is 1. The molecule has 1 fully saturated rings. The van der Waals surface area contributed by atoms with Gasteiger partial charge in [-0.2, -0.15) is 0 Å². The molecule has 0 bridgehead atoms. The minimum absolute atomic E-state index is 0.170. The van der Waals surface area contributed by atoms with Gasteiger partial charge in [0.05, 0.1) is 19.3 Å². The van der Waals surface area contributed by atoms with Gasteiger partial charge in [-0.05, 0) is 40.2 Å². The molecule has 1 aliphatic heterocycles. The van der Waals surface area contributed by atoms with Crippen LogP contribution in [0.2, 0.25) is 0 Å². The molecule has 3 atom stereocenters. The van der Waals surface area contributed by atoms with Crippen LogP contribution in [-0.2, 0) is 4.74 Å². The van der Waals surface area contributed by atoms with E-state index in [1.54, 1.807) is 0 Å². The lowest BCUT2D eigenvalue weighted by atomic mass is 9.93. The molecular formula is C14H30N2O2. The maximum atomic E-state index is 9.61. The highest BCUT2D eigenvalue weighted by molar-refractivity contribution is 4.88. The van der Waals surface area contributed by atoms with Crippen LogP contribution >= 0.6 is 0 Å². The fourth-order valence-electron chi connectivity index (χ4n) is 2.65. The van der Waals surface area contributed by atoms with Gasteiger partial charge in [0.25, 0.3) is 0 Å². The summed E-state index contributed by atoms with van der Waals surface area (Å²) < 4.78 is 5.57. The van der Waals surface area contributed by atoms with Gasteiger partial charge in [-0.1, -0.05) is 6.92 Å². The van der Waals surface area contributed by atoms with Crippen molar-refractivity contribution in [3.63, 3.8) is 0 Å². The zero-order valence-electron chi connectivity index (χ0n) is 12.4. The third-order valence-corrected chi connectivity index (χ3v) is 3.79. The van der Waals surface area contributed by atoms with E-state index >= 15 is 0 Å². The van der Waals surface area contributed by atoms with E-state index in [4.69, 9.17) is 4.74 Å².